The van der Waals surface area contributed by atoms with Crippen molar-refractivity contribution in [2.24, 2.45) is 11.8 Å². The predicted octanol–water partition coefficient (Wildman–Crippen LogP) is 10.2. The molecule has 6 heteroatoms. The molecule has 39 heavy (non-hydrogen) atoms. The number of thiophene rings is 2. The van der Waals surface area contributed by atoms with Crippen molar-refractivity contribution in [2.45, 2.75) is 97.3 Å². The molecule has 0 amide bonds. The van der Waals surface area contributed by atoms with Gasteiger partial charge in [0, 0.05) is 24.9 Å². The number of hydrogen-bond acceptors (Lipinski definition) is 6. The second-order valence-corrected chi connectivity index (χ2v) is 12.8. The molecule has 202 valence electrons. The Morgan fingerprint density at radius 1 is 0.718 bits per heavy atom. The van der Waals surface area contributed by atoms with Crippen molar-refractivity contribution in [3.63, 3.8) is 0 Å². The monoisotopic (exact) mass is 554 g/mol. The highest BCUT2D eigenvalue weighted by atomic mass is 32.1. The Morgan fingerprint density at radius 3 is 1.41 bits per heavy atom. The second kappa shape index (κ2) is 14.3. The van der Waals surface area contributed by atoms with Gasteiger partial charge in [-0.2, -0.15) is 21.0 Å². The zero-order valence-electron chi connectivity index (χ0n) is 23.6. The third-order valence-electron chi connectivity index (χ3n) is 8.16. The fourth-order valence-electron chi connectivity index (χ4n) is 6.01. The maximum atomic E-state index is 9.40. The minimum absolute atomic E-state index is 0.118. The molecule has 4 nitrogen and oxygen atoms in total. The van der Waals surface area contributed by atoms with Crippen molar-refractivity contribution in [3.8, 4) is 34.0 Å². The van der Waals surface area contributed by atoms with Crippen LogP contribution in [0.2, 0.25) is 0 Å². The summed E-state index contributed by atoms with van der Waals surface area (Å²) in [5.41, 5.74) is 2.77. The van der Waals surface area contributed by atoms with Crippen LogP contribution in [0.15, 0.2) is 23.3 Å². The summed E-state index contributed by atoms with van der Waals surface area (Å²) in [5, 5.41) is 37.6. The molecule has 0 radical (unpaired) electrons. The van der Waals surface area contributed by atoms with Crippen molar-refractivity contribution in [1.82, 2.24) is 0 Å². The van der Waals surface area contributed by atoms with Crippen LogP contribution in [0.3, 0.4) is 0 Å². The highest BCUT2D eigenvalue weighted by Gasteiger charge is 2.47. The maximum absolute atomic E-state index is 9.40. The summed E-state index contributed by atoms with van der Waals surface area (Å²) in [4.78, 5) is 4.33. The highest BCUT2D eigenvalue weighted by molar-refractivity contribution is 7.23. The Balaban J connectivity index is 2.28. The van der Waals surface area contributed by atoms with Crippen molar-refractivity contribution in [1.29, 1.82) is 21.0 Å². The third-order valence-corrected chi connectivity index (χ3v) is 10.5. The molecule has 0 spiro atoms. The lowest BCUT2D eigenvalue weighted by molar-refractivity contribution is 0.266. The van der Waals surface area contributed by atoms with Crippen LogP contribution in [0.5, 0.6) is 0 Å². The van der Waals surface area contributed by atoms with E-state index in [9.17, 15) is 21.0 Å². The van der Waals surface area contributed by atoms with E-state index in [1.807, 2.05) is 24.3 Å². The van der Waals surface area contributed by atoms with Crippen molar-refractivity contribution < 1.29 is 0 Å². The van der Waals surface area contributed by atoms with Crippen molar-refractivity contribution >= 4 is 34.8 Å². The van der Waals surface area contributed by atoms with Gasteiger partial charge in [0.2, 0.25) is 0 Å². The van der Waals surface area contributed by atoms with Gasteiger partial charge in [0.1, 0.15) is 35.4 Å². The average Bonchev–Trinajstić information content (AvgIpc) is 3.63. The quantitative estimate of drug-likeness (QED) is 0.217. The highest BCUT2D eigenvalue weighted by Crippen LogP contribution is 2.61. The zero-order valence-corrected chi connectivity index (χ0v) is 25.3. The molecule has 2 heterocycles. The summed E-state index contributed by atoms with van der Waals surface area (Å²) >= 11 is 3.31. The molecule has 2 atom stereocenters. The van der Waals surface area contributed by atoms with Gasteiger partial charge in [-0.3, -0.25) is 0 Å². The minimum atomic E-state index is -0.155. The van der Waals surface area contributed by atoms with E-state index in [-0.39, 0.29) is 16.6 Å². The molecule has 0 bridgehead atoms. The molecule has 0 fully saturated rings. The van der Waals surface area contributed by atoms with Crippen LogP contribution in [0.4, 0.5) is 0 Å². The van der Waals surface area contributed by atoms with E-state index >= 15 is 0 Å². The standard InChI is InChI=1S/C33H38N4S2/c1-5-9-11-23(7-3)17-33(18-24(8-4)12-10-6-2)29-15-27(13-25(19-34)20-35)38-31(29)32-30(33)16-28(39-32)14-26(21-36)22-37/h13-16,23-24H,5-12,17-18H2,1-4H3. The van der Waals surface area contributed by atoms with Gasteiger partial charge >= 0.3 is 0 Å². The Kier molecular flexibility index (Phi) is 11.1. The number of nitriles is 4. The van der Waals surface area contributed by atoms with Crippen LogP contribution in [-0.4, -0.2) is 0 Å². The number of allylic oxidation sites excluding steroid dienone is 2. The molecule has 0 N–H and O–H groups in total. The molecule has 0 aliphatic heterocycles. The lowest BCUT2D eigenvalue weighted by Crippen LogP contribution is -2.31. The summed E-state index contributed by atoms with van der Waals surface area (Å²) in [6.07, 6.45) is 15.1. The maximum Gasteiger partial charge on any atom is 0.131 e. The van der Waals surface area contributed by atoms with Gasteiger partial charge in [0.15, 0.2) is 0 Å². The molecule has 1 aliphatic carbocycles. The lowest BCUT2D eigenvalue weighted by Gasteiger charge is -2.37. The molecule has 1 aliphatic rings. The van der Waals surface area contributed by atoms with Gasteiger partial charge in [-0.1, -0.05) is 79.1 Å². The second-order valence-electron chi connectivity index (χ2n) is 10.7. The Morgan fingerprint density at radius 2 is 1.10 bits per heavy atom. The lowest BCUT2D eigenvalue weighted by atomic mass is 9.65. The van der Waals surface area contributed by atoms with Crippen LogP contribution in [0, 0.1) is 57.2 Å². The fraction of sp³-hybridized carbons (Fsp3) is 0.515. The van der Waals surface area contributed by atoms with E-state index in [1.54, 1.807) is 34.8 Å². The van der Waals surface area contributed by atoms with Gasteiger partial charge < -0.3 is 0 Å². The molecule has 3 rings (SSSR count). The number of unbranched alkanes of at least 4 members (excludes halogenated alkanes) is 2. The Labute approximate surface area is 242 Å². The molecule has 2 unspecified atom stereocenters. The molecular formula is C33H38N4S2. The summed E-state index contributed by atoms with van der Waals surface area (Å²) in [6.45, 7) is 9.12. The van der Waals surface area contributed by atoms with Crippen LogP contribution < -0.4 is 0 Å². The van der Waals surface area contributed by atoms with E-state index in [1.165, 1.54) is 59.4 Å². The number of rotatable bonds is 14. The van der Waals surface area contributed by atoms with Crippen molar-refractivity contribution in [3.05, 3.63) is 44.2 Å². The largest absolute Gasteiger partial charge is 0.192 e. The summed E-state index contributed by atoms with van der Waals surface area (Å²) in [7, 11) is 0. The van der Waals surface area contributed by atoms with Crippen LogP contribution in [0.1, 0.15) is 113 Å². The first-order chi connectivity index (χ1) is 18.9. The van der Waals surface area contributed by atoms with Gasteiger partial charge in [-0.05, 0) is 60.1 Å². The van der Waals surface area contributed by atoms with Crippen LogP contribution >= 0.6 is 22.7 Å². The van der Waals surface area contributed by atoms with E-state index in [0.29, 0.717) is 11.8 Å². The Hall–Kier alpha value is -3.16. The summed E-state index contributed by atoms with van der Waals surface area (Å²) in [6, 6.07) is 12.5. The van der Waals surface area contributed by atoms with Gasteiger partial charge in [0.25, 0.3) is 0 Å². The normalized spacial score (nSPS) is 14.1. The summed E-state index contributed by atoms with van der Waals surface area (Å²) < 4.78 is 0. The first-order valence-electron chi connectivity index (χ1n) is 14.3. The molecule has 0 saturated heterocycles. The van der Waals surface area contributed by atoms with E-state index in [0.717, 1.165) is 35.4 Å². The Bertz CT molecular complexity index is 1240. The third kappa shape index (κ3) is 6.71. The average molecular weight is 555 g/mol. The number of hydrogen-bond donors (Lipinski definition) is 0. The smallest absolute Gasteiger partial charge is 0.131 e. The number of nitrogens with zero attached hydrogens (tertiary/aromatic N) is 4. The van der Waals surface area contributed by atoms with Crippen LogP contribution in [0.25, 0.3) is 21.9 Å². The van der Waals surface area contributed by atoms with E-state index in [2.05, 4.69) is 39.8 Å². The molecule has 0 aromatic carbocycles. The first-order valence-corrected chi connectivity index (χ1v) is 15.9. The van der Waals surface area contributed by atoms with Crippen molar-refractivity contribution in [2.75, 3.05) is 0 Å². The van der Waals surface area contributed by atoms with Gasteiger partial charge in [0.05, 0.1) is 0 Å². The van der Waals surface area contributed by atoms with E-state index < -0.39 is 0 Å². The minimum Gasteiger partial charge on any atom is -0.192 e. The van der Waals surface area contributed by atoms with E-state index in [4.69, 9.17) is 0 Å². The van der Waals surface area contributed by atoms with Gasteiger partial charge in [-0.15, -0.1) is 22.7 Å². The predicted molar refractivity (Wildman–Crippen MR) is 163 cm³/mol. The van der Waals surface area contributed by atoms with Gasteiger partial charge in [-0.25, -0.2) is 0 Å². The summed E-state index contributed by atoms with van der Waals surface area (Å²) in [5.74, 6) is 1.18. The van der Waals surface area contributed by atoms with Crippen LogP contribution in [-0.2, 0) is 5.41 Å². The molecule has 2 aromatic heterocycles. The molecule has 2 aromatic rings. The molecule has 0 saturated carbocycles. The zero-order chi connectivity index (χ0) is 28.4. The fourth-order valence-corrected chi connectivity index (χ4v) is 8.58. The first kappa shape index (κ1) is 30.4. The molecular weight excluding hydrogens is 517 g/mol. The number of fused-ring (bicyclic) bond motifs is 3. The SMILES string of the molecule is CCCCC(CC)CC1(CC(CC)CCCC)c2cc(C=C(C#N)C#N)sc2-c2sc(C=C(C#N)C#N)cc21. The topological polar surface area (TPSA) is 95.2 Å².